The van der Waals surface area contributed by atoms with E-state index in [1.807, 2.05) is 0 Å². The second-order valence-corrected chi connectivity index (χ2v) is 20.6. The molecule has 1 saturated heterocycles. The van der Waals surface area contributed by atoms with Crippen molar-refractivity contribution in [2.24, 2.45) is 23.7 Å². The molecule has 6 aliphatic rings. The van der Waals surface area contributed by atoms with Gasteiger partial charge in [-0.15, -0.1) is 0 Å². The average molecular weight is 1050 g/mol. The highest BCUT2D eigenvalue weighted by molar-refractivity contribution is 6.32. The molecule has 1 aliphatic carbocycles. The van der Waals surface area contributed by atoms with Gasteiger partial charge in [-0.1, -0.05) is 45.9 Å². The van der Waals surface area contributed by atoms with Crippen molar-refractivity contribution in [3.05, 3.63) is 116 Å². The number of fused-ring (bicyclic) bond motifs is 15. The second-order valence-electron chi connectivity index (χ2n) is 20.6. The summed E-state index contributed by atoms with van der Waals surface area (Å²) in [5.74, 6) is -9.51. The molecule has 9 atom stereocenters. The number of carbonyl (C=O) groups is 6. The van der Waals surface area contributed by atoms with Gasteiger partial charge in [0.05, 0.1) is 41.7 Å². The molecular formula is C54H62N6O16. The highest BCUT2D eigenvalue weighted by atomic mass is 16.7. The van der Waals surface area contributed by atoms with Crippen LogP contribution in [0.5, 0.6) is 23.3 Å². The molecule has 76 heavy (non-hydrogen) atoms. The van der Waals surface area contributed by atoms with Gasteiger partial charge in [-0.25, -0.2) is 0 Å². The third-order valence-corrected chi connectivity index (χ3v) is 14.8. The van der Waals surface area contributed by atoms with E-state index in [2.05, 4.69) is 10.3 Å². The van der Waals surface area contributed by atoms with Crippen molar-refractivity contribution in [3.8, 4) is 23.3 Å². The van der Waals surface area contributed by atoms with E-state index in [1.54, 1.807) is 86.9 Å². The Morgan fingerprint density at radius 1 is 0.934 bits per heavy atom. The molecule has 2 amide bonds. The minimum absolute atomic E-state index is 0.00819. The summed E-state index contributed by atoms with van der Waals surface area (Å²) in [6.07, 6.45) is 5.93. The Labute approximate surface area is 437 Å². The highest BCUT2D eigenvalue weighted by Crippen LogP contribution is 2.49. The summed E-state index contributed by atoms with van der Waals surface area (Å²) >= 11 is 0. The number of aliphatic hydroxyl groups is 2. The van der Waals surface area contributed by atoms with Gasteiger partial charge < -0.3 is 64.2 Å². The van der Waals surface area contributed by atoms with Crippen molar-refractivity contribution in [3.63, 3.8) is 0 Å². The van der Waals surface area contributed by atoms with Gasteiger partial charge >= 0.3 is 23.6 Å². The number of hydrogen-bond acceptors (Lipinski definition) is 18. The summed E-state index contributed by atoms with van der Waals surface area (Å²) in [6.45, 7) is 14.6. The largest absolute Gasteiger partial charge is 0.507 e. The normalized spacial score (nSPS) is 29.6. The number of allylic oxidation sites excluding steroid dienone is 5. The van der Waals surface area contributed by atoms with Crippen LogP contribution in [0.25, 0.3) is 0 Å². The topological polar surface area (TPSA) is 289 Å². The molecule has 22 nitrogen and oxygen atoms in total. The van der Waals surface area contributed by atoms with Gasteiger partial charge in [0, 0.05) is 79.5 Å². The molecule has 0 radical (unpaired) electrons. The number of aromatic hydroxyl groups is 1. The number of piperazine rings is 1. The van der Waals surface area contributed by atoms with Crippen LogP contribution in [0.4, 0.5) is 5.82 Å². The smallest absolute Gasteiger partial charge is 0.415 e. The van der Waals surface area contributed by atoms with Crippen LogP contribution < -0.4 is 19.5 Å². The number of phenolic OH excluding ortho intramolecular Hbond substituents is 1. The van der Waals surface area contributed by atoms with Gasteiger partial charge in [0.2, 0.25) is 11.6 Å². The maximum Gasteiger partial charge on any atom is 0.415 e. The SMILES string of the molecule is CC(=O)O[C@H]1[C@H](C)[C@H](O)[C@H](C)[C@@H](O)[C@@H](C)/C=C/C=C(/C)C(=O)NC2=C(N3CCN(C(=O)c4ccc(OCC5(C)Cn6cc([N+](=O)[O-])nc6O5)cc4)CC3)C(=O)c3c(c(O)c(C)c4c3C(=O)[C@@](C)(O/C=C/C[C@H]1C)O4)C2=O. The van der Waals surface area contributed by atoms with Crippen LogP contribution in [0.3, 0.4) is 0 Å². The fourth-order valence-corrected chi connectivity index (χ4v) is 10.3. The van der Waals surface area contributed by atoms with Gasteiger partial charge in [-0.2, -0.15) is 0 Å². The van der Waals surface area contributed by atoms with Crippen LogP contribution in [0.1, 0.15) is 109 Å². The number of esters is 1. The highest BCUT2D eigenvalue weighted by Gasteiger charge is 2.53. The van der Waals surface area contributed by atoms with E-state index in [0.717, 1.165) is 0 Å². The Hall–Kier alpha value is -7.85. The van der Waals surface area contributed by atoms with Crippen molar-refractivity contribution < 1.29 is 72.7 Å². The molecular weight excluding hydrogens is 989 g/mol. The third kappa shape index (κ3) is 10.3. The lowest BCUT2D eigenvalue weighted by atomic mass is 9.79. The number of aromatic nitrogens is 2. The Kier molecular flexibility index (Phi) is 15.1. The van der Waals surface area contributed by atoms with Gasteiger partial charge in [-0.3, -0.25) is 33.3 Å². The van der Waals surface area contributed by atoms with Crippen LogP contribution in [0, 0.1) is 40.7 Å². The molecule has 2 aromatic carbocycles. The third-order valence-electron chi connectivity index (χ3n) is 14.8. The zero-order valence-corrected chi connectivity index (χ0v) is 43.6. The summed E-state index contributed by atoms with van der Waals surface area (Å²) in [6, 6.07) is 6.52. The predicted octanol–water partition coefficient (Wildman–Crippen LogP) is 5.13. The number of ketones is 3. The molecule has 6 heterocycles. The molecule has 1 fully saturated rings. The molecule has 0 spiro atoms. The van der Waals surface area contributed by atoms with Gasteiger partial charge in [-0.05, 0) is 68.4 Å². The summed E-state index contributed by atoms with van der Waals surface area (Å²) in [7, 11) is 0. The van der Waals surface area contributed by atoms with E-state index in [-0.39, 0.29) is 91.6 Å². The number of carbonyl (C=O) groups excluding carboxylic acids is 6. The maximum atomic E-state index is 15.2. The first kappa shape index (κ1) is 54.4. The molecule has 5 aliphatic heterocycles. The van der Waals surface area contributed by atoms with E-state index < -0.39 is 110 Å². The molecule has 1 unspecified atom stereocenters. The lowest BCUT2D eigenvalue weighted by molar-refractivity contribution is -0.389. The van der Waals surface area contributed by atoms with Crippen LogP contribution in [0.2, 0.25) is 0 Å². The molecule has 4 N–H and O–H groups in total. The zero-order chi connectivity index (χ0) is 55.3. The number of benzene rings is 2. The van der Waals surface area contributed by atoms with E-state index in [4.69, 9.17) is 23.7 Å². The standard InChI is InChI=1S/C54H62N6O16/c1-27-12-10-13-29(3)50(68)56-40-41(57-19-21-58(22-20-57)51(69)34-15-17-35(18-16-34)72-26-53(8)25-59-24-36(60(70)71)55-52(59)76-53)46(66)37-38(45(40)65)44(64)32(6)48-39(37)49(67)54(9,75-48)73-23-11-14-28(2)47(74-33(7)61)31(5)43(63)30(4)42(27)62/h10-13,15-18,23-24,27-28,30-31,42-43,47,62-64H,14,19-22,25-26H2,1-9H3,(H,56,68)/b12-10+,23-11+,29-13-/t27-,28+,30+,31+,42-,43+,47+,53?,54-/m0/s1. The molecule has 404 valence electrons. The van der Waals surface area contributed by atoms with Crippen molar-refractivity contribution >= 4 is 41.0 Å². The number of nitrogens with one attached hydrogen (secondary N) is 1. The lowest BCUT2D eigenvalue weighted by Gasteiger charge is -2.39. The summed E-state index contributed by atoms with van der Waals surface area (Å²) in [4.78, 5) is 102. The molecule has 5 bridgehead atoms. The van der Waals surface area contributed by atoms with E-state index >= 15 is 4.79 Å². The first-order valence-corrected chi connectivity index (χ1v) is 25.0. The fraction of sp³-hybridized carbons (Fsp3) is 0.463. The number of hydrogen-bond donors (Lipinski definition) is 4. The van der Waals surface area contributed by atoms with E-state index in [1.165, 1.54) is 50.8 Å². The number of rotatable bonds is 7. The molecule has 3 aromatic rings. The van der Waals surface area contributed by atoms with Crippen molar-refractivity contribution in [2.75, 3.05) is 32.8 Å². The lowest BCUT2D eigenvalue weighted by Crippen LogP contribution is -2.51. The number of ether oxygens (including phenoxy) is 5. The van der Waals surface area contributed by atoms with Gasteiger partial charge in [0.15, 0.2) is 5.60 Å². The molecule has 1 aromatic heterocycles. The zero-order valence-electron chi connectivity index (χ0n) is 43.6. The maximum absolute atomic E-state index is 15.2. The van der Waals surface area contributed by atoms with Crippen molar-refractivity contribution in [1.82, 2.24) is 24.7 Å². The van der Waals surface area contributed by atoms with Crippen LogP contribution in [-0.4, -0.2) is 137 Å². The number of Topliss-reactive ketones (excluding diaryl/α,β-unsaturated/α-hetero) is 3. The quantitative estimate of drug-likeness (QED) is 0.136. The molecule has 0 saturated carbocycles. The summed E-state index contributed by atoms with van der Waals surface area (Å²) in [5.41, 5.74) is -2.50. The van der Waals surface area contributed by atoms with Crippen molar-refractivity contribution in [1.29, 1.82) is 0 Å². The second kappa shape index (κ2) is 21.0. The van der Waals surface area contributed by atoms with Crippen LogP contribution >= 0.6 is 0 Å². The van der Waals surface area contributed by atoms with Crippen molar-refractivity contribution in [2.45, 2.75) is 105 Å². The monoisotopic (exact) mass is 1050 g/mol. The van der Waals surface area contributed by atoms with Gasteiger partial charge in [0.1, 0.15) is 47.6 Å². The van der Waals surface area contributed by atoms with Gasteiger partial charge in [0.25, 0.3) is 17.6 Å². The summed E-state index contributed by atoms with van der Waals surface area (Å²) < 4.78 is 31.2. The minimum Gasteiger partial charge on any atom is -0.507 e. The predicted molar refractivity (Wildman–Crippen MR) is 269 cm³/mol. The number of phenols is 1. The average Bonchev–Trinajstić information content (AvgIpc) is 4.09. The van der Waals surface area contributed by atoms with Crippen LogP contribution in [-0.2, 0) is 25.6 Å². The minimum atomic E-state index is -2.10. The Bertz CT molecular complexity index is 3000. The Balaban J connectivity index is 1.07. The molecule has 22 heteroatoms. The first-order chi connectivity index (χ1) is 35.8. The van der Waals surface area contributed by atoms with E-state index in [0.29, 0.717) is 11.3 Å². The number of amides is 2. The number of imidazole rings is 1. The Morgan fingerprint density at radius 2 is 1.62 bits per heavy atom. The number of nitrogens with zero attached hydrogens (tertiary/aromatic N) is 5. The first-order valence-electron chi connectivity index (χ1n) is 25.0. The molecule has 9 rings (SSSR count). The van der Waals surface area contributed by atoms with Crippen LogP contribution in [0.15, 0.2) is 78.0 Å². The van der Waals surface area contributed by atoms with E-state index in [9.17, 15) is 49.4 Å². The number of nitro groups is 1. The summed E-state index contributed by atoms with van der Waals surface area (Å²) in [5, 5.41) is 48.4. The Morgan fingerprint density at radius 3 is 2.26 bits per heavy atom. The fourth-order valence-electron chi connectivity index (χ4n) is 10.3. The number of aliphatic hydroxyl groups excluding tert-OH is 2.